The number of aromatic nitrogens is 2. The Hall–Kier alpha value is -3.20. The molecule has 3 aromatic rings. The minimum Gasteiger partial charge on any atom is -0.411 e. The van der Waals surface area contributed by atoms with Crippen molar-refractivity contribution in [1.29, 1.82) is 0 Å². The molecule has 8 nitrogen and oxygen atoms in total. The molecule has 27 heavy (non-hydrogen) atoms. The summed E-state index contributed by atoms with van der Waals surface area (Å²) in [7, 11) is 0. The summed E-state index contributed by atoms with van der Waals surface area (Å²) in [5.74, 6) is 0.128. The van der Waals surface area contributed by atoms with E-state index in [2.05, 4.69) is 15.5 Å². The summed E-state index contributed by atoms with van der Waals surface area (Å²) in [4.78, 5) is 22.5. The predicted octanol–water partition coefficient (Wildman–Crippen LogP) is 4.07. The summed E-state index contributed by atoms with van der Waals surface area (Å²) in [6, 6.07) is 13.3. The van der Waals surface area contributed by atoms with Crippen molar-refractivity contribution in [2.45, 2.75) is 24.3 Å². The highest BCUT2D eigenvalue weighted by atomic mass is 32.2. The average Bonchev–Trinajstić information content (AvgIpc) is 3.10. The highest BCUT2D eigenvalue weighted by Crippen LogP contribution is 2.28. The summed E-state index contributed by atoms with van der Waals surface area (Å²) < 4.78 is 5.65. The molecule has 1 aromatic heterocycles. The topological polar surface area (TPSA) is 111 Å². The van der Waals surface area contributed by atoms with Crippen molar-refractivity contribution in [3.8, 4) is 11.5 Å². The normalized spacial score (nSPS) is 11.8. The van der Waals surface area contributed by atoms with Gasteiger partial charge in [-0.25, -0.2) is 0 Å². The van der Waals surface area contributed by atoms with Gasteiger partial charge < -0.3 is 9.73 Å². The molecule has 0 saturated heterocycles. The molecule has 1 unspecified atom stereocenters. The van der Waals surface area contributed by atoms with Crippen molar-refractivity contribution in [2.75, 3.05) is 5.32 Å². The Morgan fingerprint density at radius 2 is 1.89 bits per heavy atom. The Morgan fingerprint density at radius 3 is 2.56 bits per heavy atom. The lowest BCUT2D eigenvalue weighted by molar-refractivity contribution is -0.384. The molecular weight excluding hydrogens is 368 g/mol. The number of anilines is 1. The fraction of sp³-hybridized carbons (Fsp3) is 0.167. The molecule has 9 heteroatoms. The fourth-order valence-electron chi connectivity index (χ4n) is 2.29. The van der Waals surface area contributed by atoms with Crippen LogP contribution >= 0.6 is 11.8 Å². The molecule has 1 amide bonds. The lowest BCUT2D eigenvalue weighted by atomic mass is 10.1. The third-order valence-corrected chi connectivity index (χ3v) is 4.71. The van der Waals surface area contributed by atoms with Gasteiger partial charge in [-0.15, -0.1) is 10.2 Å². The van der Waals surface area contributed by atoms with E-state index in [1.165, 1.54) is 24.3 Å². The number of nitro groups is 1. The molecule has 2 aromatic carbocycles. The van der Waals surface area contributed by atoms with Gasteiger partial charge in [0.05, 0.1) is 10.2 Å². The Morgan fingerprint density at radius 1 is 1.19 bits per heavy atom. The zero-order chi connectivity index (χ0) is 19.4. The van der Waals surface area contributed by atoms with Crippen molar-refractivity contribution >= 4 is 29.0 Å². The number of carbonyl (C=O) groups excluding carboxylic acids is 1. The van der Waals surface area contributed by atoms with E-state index in [1.54, 1.807) is 6.92 Å². The Kier molecular flexibility index (Phi) is 5.51. The molecule has 1 N–H and O–H groups in total. The number of benzene rings is 2. The first-order valence-corrected chi connectivity index (χ1v) is 8.93. The van der Waals surface area contributed by atoms with Crippen LogP contribution in [0.3, 0.4) is 0 Å². The third kappa shape index (κ3) is 4.50. The minimum atomic E-state index is -0.495. The average molecular weight is 384 g/mol. The lowest BCUT2D eigenvalue weighted by Crippen LogP contribution is -2.22. The van der Waals surface area contributed by atoms with Gasteiger partial charge in [0.15, 0.2) is 0 Å². The summed E-state index contributed by atoms with van der Waals surface area (Å²) in [6.07, 6.45) is 0. The van der Waals surface area contributed by atoms with E-state index < -0.39 is 10.2 Å². The number of non-ortho nitro benzene ring substituents is 1. The van der Waals surface area contributed by atoms with Crippen LogP contribution < -0.4 is 5.32 Å². The predicted molar refractivity (Wildman–Crippen MR) is 102 cm³/mol. The van der Waals surface area contributed by atoms with E-state index in [-0.39, 0.29) is 11.6 Å². The van der Waals surface area contributed by atoms with Crippen LogP contribution in [-0.2, 0) is 4.79 Å². The molecule has 0 fully saturated rings. The number of nitro benzene ring substituents is 1. The number of hydrogen-bond donors (Lipinski definition) is 1. The molecular formula is C18H16N4O4S. The molecule has 3 rings (SSSR count). The summed E-state index contributed by atoms with van der Waals surface area (Å²) in [5.41, 5.74) is 2.30. The first kappa shape index (κ1) is 18.6. The number of rotatable bonds is 6. The number of nitrogens with one attached hydrogen (secondary N) is 1. The second-order valence-corrected chi connectivity index (χ2v) is 7.03. The SMILES string of the molecule is Cc1ccccc1-c1nnc(SC(C)C(=O)Nc2ccc([N+](=O)[O-])cc2)o1. The molecule has 0 bridgehead atoms. The number of thioether (sulfide) groups is 1. The zero-order valence-electron chi connectivity index (χ0n) is 14.6. The van der Waals surface area contributed by atoms with E-state index in [9.17, 15) is 14.9 Å². The smallest absolute Gasteiger partial charge is 0.277 e. The highest BCUT2D eigenvalue weighted by molar-refractivity contribution is 8.00. The molecule has 1 atom stereocenters. The second kappa shape index (κ2) is 8.00. The standard InChI is InChI=1S/C18H16N4O4S/c1-11-5-3-4-6-15(11)17-20-21-18(26-17)27-12(2)16(23)19-13-7-9-14(10-8-13)22(24)25/h3-10,12H,1-2H3,(H,19,23). The van der Waals surface area contributed by atoms with Crippen LogP contribution in [0.25, 0.3) is 11.5 Å². The van der Waals surface area contributed by atoms with Gasteiger partial charge in [0.2, 0.25) is 11.8 Å². The van der Waals surface area contributed by atoms with E-state index in [0.717, 1.165) is 22.9 Å². The quantitative estimate of drug-likeness (QED) is 0.387. The summed E-state index contributed by atoms with van der Waals surface area (Å²) in [6.45, 7) is 3.66. The van der Waals surface area contributed by atoms with Crippen LogP contribution in [0.2, 0.25) is 0 Å². The Bertz CT molecular complexity index is 972. The number of nitrogens with zero attached hydrogens (tertiary/aromatic N) is 3. The van der Waals surface area contributed by atoms with E-state index in [0.29, 0.717) is 16.8 Å². The van der Waals surface area contributed by atoms with Gasteiger partial charge in [0, 0.05) is 23.4 Å². The van der Waals surface area contributed by atoms with Crippen LogP contribution in [0.4, 0.5) is 11.4 Å². The van der Waals surface area contributed by atoms with Crippen molar-refractivity contribution < 1.29 is 14.1 Å². The molecule has 0 radical (unpaired) electrons. The third-order valence-electron chi connectivity index (χ3n) is 3.77. The summed E-state index contributed by atoms with van der Waals surface area (Å²) >= 11 is 1.14. The number of carbonyl (C=O) groups is 1. The van der Waals surface area contributed by atoms with E-state index in [1.807, 2.05) is 31.2 Å². The fourth-order valence-corrected chi connectivity index (χ4v) is 2.98. The minimum absolute atomic E-state index is 0.0370. The zero-order valence-corrected chi connectivity index (χ0v) is 15.4. The largest absolute Gasteiger partial charge is 0.411 e. The molecule has 0 spiro atoms. The lowest BCUT2D eigenvalue weighted by Gasteiger charge is -2.09. The van der Waals surface area contributed by atoms with Crippen LogP contribution in [0, 0.1) is 17.0 Å². The van der Waals surface area contributed by atoms with Crippen LogP contribution in [-0.4, -0.2) is 26.3 Å². The van der Waals surface area contributed by atoms with Gasteiger partial charge in [0.1, 0.15) is 0 Å². The monoisotopic (exact) mass is 384 g/mol. The van der Waals surface area contributed by atoms with Crippen molar-refractivity contribution in [3.63, 3.8) is 0 Å². The van der Waals surface area contributed by atoms with Crippen molar-refractivity contribution in [3.05, 3.63) is 64.2 Å². The molecule has 0 aliphatic rings. The van der Waals surface area contributed by atoms with Crippen molar-refractivity contribution in [1.82, 2.24) is 10.2 Å². The van der Waals surface area contributed by atoms with E-state index in [4.69, 9.17) is 4.42 Å². The van der Waals surface area contributed by atoms with Crippen LogP contribution in [0.1, 0.15) is 12.5 Å². The molecule has 0 aliphatic carbocycles. The second-order valence-electron chi connectivity index (χ2n) is 5.74. The maximum Gasteiger partial charge on any atom is 0.277 e. The van der Waals surface area contributed by atoms with Crippen LogP contribution in [0.15, 0.2) is 58.2 Å². The van der Waals surface area contributed by atoms with E-state index >= 15 is 0 Å². The Balaban J connectivity index is 1.63. The highest BCUT2D eigenvalue weighted by Gasteiger charge is 2.19. The number of hydrogen-bond acceptors (Lipinski definition) is 7. The van der Waals surface area contributed by atoms with Gasteiger partial charge in [-0.2, -0.15) is 0 Å². The van der Waals surface area contributed by atoms with Gasteiger partial charge in [-0.1, -0.05) is 30.0 Å². The number of aryl methyl sites for hydroxylation is 1. The first-order chi connectivity index (χ1) is 12.9. The first-order valence-electron chi connectivity index (χ1n) is 8.05. The van der Waals surface area contributed by atoms with Crippen LogP contribution in [0.5, 0.6) is 0 Å². The van der Waals surface area contributed by atoms with Crippen molar-refractivity contribution in [2.24, 2.45) is 0 Å². The molecule has 1 heterocycles. The Labute approximate surface area is 159 Å². The van der Waals surface area contributed by atoms with Gasteiger partial charge >= 0.3 is 0 Å². The number of amides is 1. The summed E-state index contributed by atoms with van der Waals surface area (Å²) in [5, 5.41) is 21.2. The molecule has 138 valence electrons. The van der Waals surface area contributed by atoms with Gasteiger partial charge in [-0.3, -0.25) is 14.9 Å². The maximum atomic E-state index is 12.3. The molecule has 0 aliphatic heterocycles. The molecule has 0 saturated carbocycles. The van der Waals surface area contributed by atoms with Gasteiger partial charge in [0.25, 0.3) is 10.9 Å². The maximum absolute atomic E-state index is 12.3. The van der Waals surface area contributed by atoms with Gasteiger partial charge in [-0.05, 0) is 37.6 Å².